The Morgan fingerprint density at radius 1 is 1.47 bits per heavy atom. The monoisotopic (exact) mass is 285 g/mol. The molecule has 1 aromatic heterocycles. The van der Waals surface area contributed by atoms with Crippen LogP contribution in [-0.4, -0.2) is 16.7 Å². The van der Waals surface area contributed by atoms with E-state index in [1.165, 1.54) is 16.9 Å². The number of halogens is 1. The van der Waals surface area contributed by atoms with Crippen LogP contribution in [0.5, 0.6) is 0 Å². The third-order valence-electron chi connectivity index (χ3n) is 2.13. The molecule has 3 nitrogen and oxygen atoms in total. The summed E-state index contributed by atoms with van der Waals surface area (Å²) in [7, 11) is 0. The van der Waals surface area contributed by atoms with E-state index in [1.807, 2.05) is 18.2 Å². The Balaban J connectivity index is 2.20. The number of nitrogens with zero attached hydrogens (tertiary/aromatic N) is 2. The Hall–Kier alpha value is -0.620. The second kappa shape index (κ2) is 6.35. The second-order valence-corrected chi connectivity index (χ2v) is 5.90. The van der Waals surface area contributed by atoms with Gasteiger partial charge in [0.05, 0.1) is 0 Å². The molecule has 2 rings (SSSR count). The Labute approximate surface area is 114 Å². The second-order valence-electron chi connectivity index (χ2n) is 3.34. The summed E-state index contributed by atoms with van der Waals surface area (Å²) in [5.74, 6) is 0. The number of hydrogen-bond donors (Lipinski definition) is 1. The summed E-state index contributed by atoms with van der Waals surface area (Å²) in [6.07, 6.45) is 0. The standard InChI is InChI=1S/C11H12ClN3S2/c1-2-13-6-8-3-4-9(12)5-10(8)17-11-15-14-7-16-11/h3-5,7,13H,2,6H2,1H3. The van der Waals surface area contributed by atoms with Crippen molar-refractivity contribution in [3.05, 3.63) is 34.3 Å². The van der Waals surface area contributed by atoms with Crippen LogP contribution in [0.1, 0.15) is 12.5 Å². The normalized spacial score (nSPS) is 10.7. The predicted octanol–water partition coefficient (Wildman–Crippen LogP) is 3.45. The lowest BCUT2D eigenvalue weighted by molar-refractivity contribution is 0.718. The molecule has 0 aliphatic carbocycles. The molecule has 0 saturated heterocycles. The number of rotatable bonds is 5. The molecule has 0 atom stereocenters. The summed E-state index contributed by atoms with van der Waals surface area (Å²) in [4.78, 5) is 1.13. The molecule has 1 aromatic carbocycles. The quantitative estimate of drug-likeness (QED) is 0.913. The van der Waals surface area contributed by atoms with E-state index in [2.05, 4.69) is 22.4 Å². The lowest BCUT2D eigenvalue weighted by Crippen LogP contribution is -2.12. The molecule has 0 aliphatic heterocycles. The Bertz CT molecular complexity index is 474. The number of nitrogens with one attached hydrogen (secondary N) is 1. The maximum Gasteiger partial charge on any atom is 0.178 e. The lowest BCUT2D eigenvalue weighted by Gasteiger charge is -2.08. The predicted molar refractivity (Wildman–Crippen MR) is 72.9 cm³/mol. The van der Waals surface area contributed by atoms with Crippen molar-refractivity contribution >= 4 is 34.7 Å². The van der Waals surface area contributed by atoms with E-state index in [9.17, 15) is 0 Å². The van der Waals surface area contributed by atoms with Crippen LogP contribution in [0.25, 0.3) is 0 Å². The zero-order valence-corrected chi connectivity index (χ0v) is 11.7. The van der Waals surface area contributed by atoms with Crippen LogP contribution in [0.2, 0.25) is 5.02 Å². The van der Waals surface area contributed by atoms with Crippen LogP contribution in [0.15, 0.2) is 32.9 Å². The summed E-state index contributed by atoms with van der Waals surface area (Å²) in [5, 5.41) is 11.9. The molecule has 0 saturated carbocycles. The van der Waals surface area contributed by atoms with Crippen molar-refractivity contribution in [1.82, 2.24) is 15.5 Å². The van der Waals surface area contributed by atoms with Gasteiger partial charge in [-0.25, -0.2) is 0 Å². The minimum absolute atomic E-state index is 0.747. The fourth-order valence-corrected chi connectivity index (χ4v) is 3.17. The van der Waals surface area contributed by atoms with Crippen LogP contribution in [-0.2, 0) is 6.54 Å². The maximum atomic E-state index is 6.02. The lowest BCUT2D eigenvalue weighted by atomic mass is 10.2. The maximum absolute atomic E-state index is 6.02. The van der Waals surface area contributed by atoms with E-state index in [0.29, 0.717) is 0 Å². The number of aromatic nitrogens is 2. The zero-order valence-electron chi connectivity index (χ0n) is 9.31. The van der Waals surface area contributed by atoms with Gasteiger partial charge in [-0.2, -0.15) is 0 Å². The molecule has 0 bridgehead atoms. The van der Waals surface area contributed by atoms with Crippen molar-refractivity contribution in [2.45, 2.75) is 22.7 Å². The molecule has 0 unspecified atom stereocenters. The highest BCUT2D eigenvalue weighted by Gasteiger charge is 2.07. The van der Waals surface area contributed by atoms with Crippen molar-refractivity contribution in [3.63, 3.8) is 0 Å². The van der Waals surface area contributed by atoms with Gasteiger partial charge < -0.3 is 5.32 Å². The molecule has 0 amide bonds. The van der Waals surface area contributed by atoms with E-state index in [1.54, 1.807) is 17.3 Å². The molecule has 0 aliphatic rings. The van der Waals surface area contributed by atoms with Crippen LogP contribution in [0.3, 0.4) is 0 Å². The van der Waals surface area contributed by atoms with Gasteiger partial charge in [0.15, 0.2) is 4.34 Å². The molecule has 6 heteroatoms. The largest absolute Gasteiger partial charge is 0.313 e. The molecule has 0 spiro atoms. The Kier molecular flexibility index (Phi) is 4.79. The van der Waals surface area contributed by atoms with Crippen LogP contribution in [0.4, 0.5) is 0 Å². The van der Waals surface area contributed by atoms with Gasteiger partial charge in [-0.1, -0.05) is 47.7 Å². The average molecular weight is 286 g/mol. The van der Waals surface area contributed by atoms with Gasteiger partial charge in [0, 0.05) is 16.5 Å². The minimum Gasteiger partial charge on any atom is -0.313 e. The highest BCUT2D eigenvalue weighted by Crippen LogP contribution is 2.33. The first-order valence-electron chi connectivity index (χ1n) is 5.22. The summed E-state index contributed by atoms with van der Waals surface area (Å²) in [6.45, 7) is 3.88. The molecular formula is C11H12ClN3S2. The van der Waals surface area contributed by atoms with Gasteiger partial charge in [-0.15, -0.1) is 10.2 Å². The van der Waals surface area contributed by atoms with Gasteiger partial charge in [-0.05, 0) is 24.2 Å². The van der Waals surface area contributed by atoms with Crippen molar-refractivity contribution < 1.29 is 0 Å². The third kappa shape index (κ3) is 3.67. The Morgan fingerprint density at radius 3 is 3.06 bits per heavy atom. The van der Waals surface area contributed by atoms with Crippen molar-refractivity contribution in [1.29, 1.82) is 0 Å². The van der Waals surface area contributed by atoms with Crippen LogP contribution >= 0.6 is 34.7 Å². The smallest absolute Gasteiger partial charge is 0.178 e. The van der Waals surface area contributed by atoms with Crippen LogP contribution < -0.4 is 5.32 Å². The van der Waals surface area contributed by atoms with E-state index < -0.39 is 0 Å². The first-order valence-corrected chi connectivity index (χ1v) is 7.30. The Morgan fingerprint density at radius 2 is 2.35 bits per heavy atom. The fraction of sp³-hybridized carbons (Fsp3) is 0.273. The number of benzene rings is 1. The highest BCUT2D eigenvalue weighted by atomic mass is 35.5. The summed E-state index contributed by atoms with van der Waals surface area (Å²) >= 11 is 9.16. The molecule has 0 fully saturated rings. The first-order chi connectivity index (χ1) is 8.29. The topological polar surface area (TPSA) is 37.8 Å². The molecule has 1 heterocycles. The summed E-state index contributed by atoms with van der Waals surface area (Å²) < 4.78 is 0.935. The molecule has 0 radical (unpaired) electrons. The van der Waals surface area contributed by atoms with E-state index >= 15 is 0 Å². The molecule has 1 N–H and O–H groups in total. The third-order valence-corrected chi connectivity index (χ3v) is 4.24. The van der Waals surface area contributed by atoms with Crippen LogP contribution in [0, 0.1) is 0 Å². The molecule has 17 heavy (non-hydrogen) atoms. The van der Waals surface area contributed by atoms with Gasteiger partial charge in [-0.3, -0.25) is 0 Å². The average Bonchev–Trinajstić information content (AvgIpc) is 2.81. The van der Waals surface area contributed by atoms with E-state index in [4.69, 9.17) is 11.6 Å². The van der Waals surface area contributed by atoms with Crippen molar-refractivity contribution in [2.75, 3.05) is 6.54 Å². The SMILES string of the molecule is CCNCc1ccc(Cl)cc1Sc1nncs1. The highest BCUT2D eigenvalue weighted by molar-refractivity contribution is 8.01. The minimum atomic E-state index is 0.747. The van der Waals surface area contributed by atoms with Gasteiger partial charge >= 0.3 is 0 Å². The summed E-state index contributed by atoms with van der Waals surface area (Å²) in [5.41, 5.74) is 2.97. The molecule has 2 aromatic rings. The van der Waals surface area contributed by atoms with E-state index in [-0.39, 0.29) is 0 Å². The first kappa shape index (κ1) is 12.8. The zero-order chi connectivity index (χ0) is 12.1. The molecular weight excluding hydrogens is 274 g/mol. The number of hydrogen-bond acceptors (Lipinski definition) is 5. The fourth-order valence-electron chi connectivity index (χ4n) is 1.33. The van der Waals surface area contributed by atoms with Crippen molar-refractivity contribution in [3.8, 4) is 0 Å². The summed E-state index contributed by atoms with van der Waals surface area (Å²) in [6, 6.07) is 5.94. The van der Waals surface area contributed by atoms with Gasteiger partial charge in [0.2, 0.25) is 0 Å². The van der Waals surface area contributed by atoms with E-state index in [0.717, 1.165) is 27.3 Å². The van der Waals surface area contributed by atoms with Crippen molar-refractivity contribution in [2.24, 2.45) is 0 Å². The van der Waals surface area contributed by atoms with Gasteiger partial charge in [0.1, 0.15) is 5.51 Å². The molecule has 90 valence electrons. The van der Waals surface area contributed by atoms with Gasteiger partial charge in [0.25, 0.3) is 0 Å².